The molecule has 0 spiro atoms. The lowest BCUT2D eigenvalue weighted by Gasteiger charge is -2.28. The zero-order chi connectivity index (χ0) is 18.1. The molecule has 2 N–H and O–H groups in total. The number of hydrogen-bond acceptors (Lipinski definition) is 3. The van der Waals surface area contributed by atoms with Crippen LogP contribution in [0.15, 0.2) is 18.2 Å². The number of carbonyl (C=O) groups excluding carboxylic acids is 3. The first kappa shape index (κ1) is 17.5. The highest BCUT2D eigenvalue weighted by atomic mass is 16.2. The molecule has 6 heteroatoms. The monoisotopic (exact) mass is 343 g/mol. The number of piperidine rings is 1. The smallest absolute Gasteiger partial charge is 0.315 e. The van der Waals surface area contributed by atoms with Crippen LogP contribution >= 0.6 is 0 Å². The van der Waals surface area contributed by atoms with Crippen molar-refractivity contribution in [2.45, 2.75) is 57.5 Å². The van der Waals surface area contributed by atoms with Gasteiger partial charge in [0.05, 0.1) is 6.04 Å². The first-order valence-electron chi connectivity index (χ1n) is 8.87. The zero-order valence-corrected chi connectivity index (χ0v) is 15.0. The number of urea groups is 1. The number of carbonyl (C=O) groups is 3. The number of fused-ring (bicyclic) bond motifs is 1. The van der Waals surface area contributed by atoms with Gasteiger partial charge in [0.2, 0.25) is 5.91 Å². The van der Waals surface area contributed by atoms with E-state index in [1.54, 1.807) is 0 Å². The van der Waals surface area contributed by atoms with Crippen LogP contribution in [-0.4, -0.2) is 35.8 Å². The molecule has 1 aromatic rings. The third-order valence-corrected chi connectivity index (χ3v) is 5.17. The Kier molecular flexibility index (Phi) is 4.79. The molecule has 1 aromatic carbocycles. The van der Waals surface area contributed by atoms with Gasteiger partial charge >= 0.3 is 6.03 Å². The summed E-state index contributed by atoms with van der Waals surface area (Å²) in [6.45, 7) is 4.30. The lowest BCUT2D eigenvalue weighted by atomic mass is 9.97. The predicted octanol–water partition coefficient (Wildman–Crippen LogP) is 2.24. The minimum absolute atomic E-state index is 0.0354. The first-order valence-corrected chi connectivity index (χ1v) is 8.87. The summed E-state index contributed by atoms with van der Waals surface area (Å²) in [5.41, 5.74) is 3.70. The van der Waals surface area contributed by atoms with E-state index in [0.717, 1.165) is 17.7 Å². The molecule has 1 fully saturated rings. The number of imide groups is 1. The Morgan fingerprint density at radius 3 is 2.52 bits per heavy atom. The second-order valence-corrected chi connectivity index (χ2v) is 7.20. The van der Waals surface area contributed by atoms with Crippen LogP contribution in [0.25, 0.3) is 0 Å². The molecule has 0 aromatic heterocycles. The van der Waals surface area contributed by atoms with Crippen molar-refractivity contribution in [1.82, 2.24) is 15.5 Å². The fraction of sp³-hybridized carbons (Fsp3) is 0.526. The third kappa shape index (κ3) is 3.52. The van der Waals surface area contributed by atoms with Crippen molar-refractivity contribution in [3.05, 3.63) is 34.9 Å². The molecule has 2 atom stereocenters. The molecule has 1 aliphatic heterocycles. The van der Waals surface area contributed by atoms with E-state index in [9.17, 15) is 14.4 Å². The zero-order valence-electron chi connectivity index (χ0n) is 15.0. The second-order valence-electron chi connectivity index (χ2n) is 7.20. The van der Waals surface area contributed by atoms with E-state index in [1.807, 2.05) is 0 Å². The highest BCUT2D eigenvalue weighted by Crippen LogP contribution is 2.33. The number of amides is 4. The van der Waals surface area contributed by atoms with Crippen LogP contribution in [-0.2, 0) is 16.0 Å². The molecule has 25 heavy (non-hydrogen) atoms. The van der Waals surface area contributed by atoms with Crippen LogP contribution in [0.4, 0.5) is 4.79 Å². The normalized spacial score (nSPS) is 23.0. The molecule has 6 nitrogen and oxygen atoms in total. The van der Waals surface area contributed by atoms with E-state index >= 15 is 0 Å². The maximum atomic E-state index is 12.4. The maximum Gasteiger partial charge on any atom is 0.315 e. The number of likely N-dealkylation sites (N-methyl/N-ethyl adjacent to an activating group) is 1. The minimum Gasteiger partial charge on any atom is -0.331 e. The van der Waals surface area contributed by atoms with Crippen LogP contribution in [0.2, 0.25) is 0 Å². The molecule has 0 bridgehead atoms. The molecular weight excluding hydrogens is 318 g/mol. The Bertz CT molecular complexity index is 714. The molecule has 134 valence electrons. The topological polar surface area (TPSA) is 78.5 Å². The summed E-state index contributed by atoms with van der Waals surface area (Å²) in [6, 6.07) is 5.46. The largest absolute Gasteiger partial charge is 0.331 e. The van der Waals surface area contributed by atoms with Gasteiger partial charge in [-0.2, -0.15) is 0 Å². The molecular formula is C19H25N3O3. The number of nitrogens with one attached hydrogen (secondary N) is 2. The van der Waals surface area contributed by atoms with E-state index in [4.69, 9.17) is 0 Å². The van der Waals surface area contributed by atoms with Crippen LogP contribution < -0.4 is 10.6 Å². The summed E-state index contributed by atoms with van der Waals surface area (Å²) in [5, 5.41) is 5.71. The van der Waals surface area contributed by atoms with Gasteiger partial charge in [-0.15, -0.1) is 0 Å². The van der Waals surface area contributed by atoms with Crippen molar-refractivity contribution in [3.8, 4) is 0 Å². The Balaban J connectivity index is 1.64. The van der Waals surface area contributed by atoms with Gasteiger partial charge in [0, 0.05) is 13.5 Å². The quantitative estimate of drug-likeness (QED) is 0.826. The molecule has 2 unspecified atom stereocenters. The van der Waals surface area contributed by atoms with Crippen molar-refractivity contribution in [3.63, 3.8) is 0 Å². The predicted molar refractivity (Wildman–Crippen MR) is 94.1 cm³/mol. The Morgan fingerprint density at radius 2 is 1.80 bits per heavy atom. The van der Waals surface area contributed by atoms with Gasteiger partial charge in [0.1, 0.15) is 6.04 Å². The second kappa shape index (κ2) is 6.86. The van der Waals surface area contributed by atoms with Gasteiger partial charge < -0.3 is 10.6 Å². The highest BCUT2D eigenvalue weighted by Gasteiger charge is 2.33. The highest BCUT2D eigenvalue weighted by molar-refractivity contribution is 6.01. The fourth-order valence-corrected chi connectivity index (χ4v) is 3.54. The molecule has 4 amide bonds. The summed E-state index contributed by atoms with van der Waals surface area (Å²) in [6.07, 6.45) is 2.44. The van der Waals surface area contributed by atoms with Crippen LogP contribution in [0.1, 0.15) is 61.8 Å². The van der Waals surface area contributed by atoms with Gasteiger partial charge in [0.15, 0.2) is 0 Å². The number of hydrogen-bond donors (Lipinski definition) is 2. The molecule has 3 rings (SSSR count). The van der Waals surface area contributed by atoms with Gasteiger partial charge in [-0.05, 0) is 41.9 Å². The van der Waals surface area contributed by atoms with Crippen LogP contribution in [0.5, 0.6) is 0 Å². The van der Waals surface area contributed by atoms with Gasteiger partial charge in [0.25, 0.3) is 5.91 Å². The summed E-state index contributed by atoms with van der Waals surface area (Å²) < 4.78 is 0. The average molecular weight is 343 g/mol. The third-order valence-electron chi connectivity index (χ3n) is 5.17. The fourth-order valence-electron chi connectivity index (χ4n) is 3.54. The lowest BCUT2D eigenvalue weighted by molar-refractivity contribution is -0.147. The van der Waals surface area contributed by atoms with Crippen molar-refractivity contribution in [2.24, 2.45) is 0 Å². The minimum atomic E-state index is -0.634. The number of benzene rings is 1. The molecule has 0 radical (unpaired) electrons. The molecule has 1 aliphatic carbocycles. The Labute approximate surface area is 148 Å². The molecule has 1 saturated heterocycles. The van der Waals surface area contributed by atoms with Gasteiger partial charge in [-0.25, -0.2) is 4.79 Å². The van der Waals surface area contributed by atoms with E-state index in [2.05, 4.69) is 42.7 Å². The number of rotatable bonds is 3. The lowest BCUT2D eigenvalue weighted by Crippen LogP contribution is -2.55. The van der Waals surface area contributed by atoms with Gasteiger partial charge in [-0.3, -0.25) is 14.5 Å². The van der Waals surface area contributed by atoms with Gasteiger partial charge in [-0.1, -0.05) is 32.0 Å². The summed E-state index contributed by atoms with van der Waals surface area (Å²) in [5.74, 6) is -0.108. The number of aryl methyl sites for hydroxylation is 1. The van der Waals surface area contributed by atoms with Crippen molar-refractivity contribution in [2.75, 3.05) is 7.05 Å². The standard InChI is InChI=1S/C19H25N3O3/c1-11(2)13-5-4-12-6-7-15(14(12)10-13)20-19(25)21-16-8-9-17(23)22(3)18(16)24/h4-5,10-11,15-16H,6-9H2,1-3H3,(H2,20,21,25). The molecule has 1 heterocycles. The number of nitrogens with zero attached hydrogens (tertiary/aromatic N) is 1. The van der Waals surface area contributed by atoms with E-state index in [-0.39, 0.29) is 30.3 Å². The van der Waals surface area contributed by atoms with Crippen molar-refractivity contribution in [1.29, 1.82) is 0 Å². The van der Waals surface area contributed by atoms with Crippen LogP contribution in [0.3, 0.4) is 0 Å². The van der Waals surface area contributed by atoms with Crippen LogP contribution in [0, 0.1) is 0 Å². The molecule has 0 saturated carbocycles. The van der Waals surface area contributed by atoms with Crippen molar-refractivity contribution >= 4 is 17.8 Å². The Morgan fingerprint density at radius 1 is 1.12 bits per heavy atom. The van der Waals surface area contributed by atoms with E-state index in [0.29, 0.717) is 12.3 Å². The maximum absolute atomic E-state index is 12.4. The molecule has 2 aliphatic rings. The van der Waals surface area contributed by atoms with Crippen molar-refractivity contribution < 1.29 is 14.4 Å². The van der Waals surface area contributed by atoms with E-state index < -0.39 is 6.04 Å². The average Bonchev–Trinajstić information content (AvgIpc) is 2.97. The van der Waals surface area contributed by atoms with E-state index in [1.165, 1.54) is 23.7 Å². The first-order chi connectivity index (χ1) is 11.9. The summed E-state index contributed by atoms with van der Waals surface area (Å²) >= 11 is 0. The SMILES string of the molecule is CC(C)c1ccc2c(c1)C(NC(=O)NC1CCC(=O)N(C)C1=O)CC2. The summed E-state index contributed by atoms with van der Waals surface area (Å²) in [4.78, 5) is 37.0. The Hall–Kier alpha value is -2.37. The number of likely N-dealkylation sites (tertiary alicyclic amines) is 1. The summed E-state index contributed by atoms with van der Waals surface area (Å²) in [7, 11) is 1.46.